The molecule has 0 aliphatic carbocycles. The summed E-state index contributed by atoms with van der Waals surface area (Å²) in [6.45, 7) is 2.77. The molecular formula is C22H22ClF3N2. The summed E-state index contributed by atoms with van der Waals surface area (Å²) in [6.07, 6.45) is -1.66. The highest BCUT2D eigenvalue weighted by Gasteiger charge is 2.29. The normalized spacial score (nSPS) is 15.2. The number of nitrogens with zero attached hydrogens (tertiary/aromatic N) is 2. The van der Waals surface area contributed by atoms with Crippen LogP contribution in [0, 0.1) is 0 Å². The summed E-state index contributed by atoms with van der Waals surface area (Å²) < 4.78 is 40.5. The molecule has 0 unspecified atom stereocenters. The average Bonchev–Trinajstić information content (AvgIpc) is 2.94. The minimum absolute atomic E-state index is 0.596. The fourth-order valence-electron chi connectivity index (χ4n) is 4.10. The molecule has 148 valence electrons. The van der Waals surface area contributed by atoms with Gasteiger partial charge in [-0.2, -0.15) is 13.2 Å². The third-order valence-electron chi connectivity index (χ3n) is 5.54. The van der Waals surface area contributed by atoms with Crippen molar-refractivity contribution < 1.29 is 13.2 Å². The van der Waals surface area contributed by atoms with Gasteiger partial charge in [0, 0.05) is 41.3 Å². The van der Waals surface area contributed by atoms with Crippen molar-refractivity contribution in [1.29, 1.82) is 0 Å². The number of halogens is 4. The molecule has 1 aliphatic heterocycles. The van der Waals surface area contributed by atoms with Crippen molar-refractivity contribution in [3.8, 4) is 0 Å². The molecule has 4 rings (SSSR count). The SMILES string of the molecule is CN1CCc2c(n(CCCc3ccc(C(F)(F)F)cc3)c3ccc(Cl)cc23)C1. The van der Waals surface area contributed by atoms with Crippen molar-refractivity contribution >= 4 is 22.5 Å². The number of hydrogen-bond donors (Lipinski definition) is 0. The molecule has 1 aromatic heterocycles. The molecule has 1 aliphatic rings. The summed E-state index contributed by atoms with van der Waals surface area (Å²) in [5.74, 6) is 0. The zero-order valence-corrected chi connectivity index (χ0v) is 16.4. The van der Waals surface area contributed by atoms with Crippen molar-refractivity contribution in [2.75, 3.05) is 13.6 Å². The van der Waals surface area contributed by atoms with E-state index in [1.54, 1.807) is 12.1 Å². The fourth-order valence-corrected chi connectivity index (χ4v) is 4.28. The largest absolute Gasteiger partial charge is 0.416 e. The Balaban J connectivity index is 1.54. The number of aromatic nitrogens is 1. The van der Waals surface area contributed by atoms with E-state index in [9.17, 15) is 13.2 Å². The van der Waals surface area contributed by atoms with Gasteiger partial charge < -0.3 is 9.47 Å². The molecule has 2 aromatic carbocycles. The Morgan fingerprint density at radius 1 is 1.07 bits per heavy atom. The Morgan fingerprint density at radius 2 is 1.82 bits per heavy atom. The van der Waals surface area contributed by atoms with Crippen LogP contribution in [0.4, 0.5) is 13.2 Å². The van der Waals surface area contributed by atoms with Gasteiger partial charge >= 0.3 is 6.18 Å². The summed E-state index contributed by atoms with van der Waals surface area (Å²) in [6, 6.07) is 11.5. The standard InChI is InChI=1S/C22H22ClF3N2/c1-27-12-10-18-19-13-17(23)8-9-20(19)28(21(18)14-27)11-2-3-15-4-6-16(7-5-15)22(24,25)26/h4-9,13H,2-3,10-12,14H2,1H3. The van der Waals surface area contributed by atoms with E-state index in [1.807, 2.05) is 12.1 Å². The number of benzene rings is 2. The molecule has 28 heavy (non-hydrogen) atoms. The molecule has 0 spiro atoms. The molecule has 0 saturated heterocycles. The van der Waals surface area contributed by atoms with Crippen LogP contribution in [0.15, 0.2) is 42.5 Å². The molecule has 0 radical (unpaired) electrons. The van der Waals surface area contributed by atoms with Gasteiger partial charge in [0.15, 0.2) is 0 Å². The lowest BCUT2D eigenvalue weighted by atomic mass is 10.0. The zero-order chi connectivity index (χ0) is 19.9. The maximum Gasteiger partial charge on any atom is 0.416 e. The highest BCUT2D eigenvalue weighted by Crippen LogP contribution is 2.33. The second kappa shape index (κ2) is 7.45. The van der Waals surface area contributed by atoms with E-state index in [0.29, 0.717) is 0 Å². The molecule has 0 bridgehead atoms. The number of aryl methyl sites for hydroxylation is 2. The zero-order valence-electron chi connectivity index (χ0n) is 15.7. The van der Waals surface area contributed by atoms with Crippen LogP contribution < -0.4 is 0 Å². The van der Waals surface area contributed by atoms with Crippen molar-refractivity contribution in [3.63, 3.8) is 0 Å². The van der Waals surface area contributed by atoms with E-state index in [4.69, 9.17) is 11.6 Å². The molecule has 3 aromatic rings. The van der Waals surface area contributed by atoms with E-state index in [2.05, 4.69) is 22.6 Å². The van der Waals surface area contributed by atoms with Gasteiger partial charge in [0.2, 0.25) is 0 Å². The lowest BCUT2D eigenvalue weighted by Crippen LogP contribution is -2.27. The van der Waals surface area contributed by atoms with Crippen LogP contribution in [0.5, 0.6) is 0 Å². The molecule has 0 saturated carbocycles. The molecule has 0 N–H and O–H groups in total. The number of likely N-dealkylation sites (N-methyl/N-ethyl adjacent to an activating group) is 1. The van der Waals surface area contributed by atoms with Crippen molar-refractivity contribution in [3.05, 3.63) is 69.9 Å². The van der Waals surface area contributed by atoms with Crippen molar-refractivity contribution in [1.82, 2.24) is 9.47 Å². The van der Waals surface area contributed by atoms with Gasteiger partial charge in [-0.3, -0.25) is 0 Å². The molecule has 0 fully saturated rings. The van der Waals surface area contributed by atoms with Crippen LogP contribution in [-0.4, -0.2) is 23.1 Å². The smallest absolute Gasteiger partial charge is 0.343 e. The second-order valence-corrected chi connectivity index (χ2v) is 7.96. The average molecular weight is 407 g/mol. The topological polar surface area (TPSA) is 8.17 Å². The summed E-state index contributed by atoms with van der Waals surface area (Å²) in [7, 11) is 2.13. The van der Waals surface area contributed by atoms with Gasteiger partial charge in [0.05, 0.1) is 5.56 Å². The predicted octanol–water partition coefficient (Wildman–Crippen LogP) is 5.93. The Morgan fingerprint density at radius 3 is 2.54 bits per heavy atom. The first kappa shape index (κ1) is 19.3. The summed E-state index contributed by atoms with van der Waals surface area (Å²) in [5, 5.41) is 1.97. The van der Waals surface area contributed by atoms with Crippen LogP contribution >= 0.6 is 11.6 Å². The van der Waals surface area contributed by atoms with Crippen LogP contribution in [0.25, 0.3) is 10.9 Å². The quantitative estimate of drug-likeness (QED) is 0.521. The van der Waals surface area contributed by atoms with E-state index in [0.717, 1.165) is 49.5 Å². The first-order valence-corrected chi connectivity index (χ1v) is 9.85. The molecule has 0 amide bonds. The van der Waals surface area contributed by atoms with E-state index >= 15 is 0 Å². The number of alkyl halides is 3. The maximum atomic E-state index is 12.7. The van der Waals surface area contributed by atoms with Gasteiger partial charge in [-0.05, 0) is 67.8 Å². The van der Waals surface area contributed by atoms with Gasteiger partial charge in [0.1, 0.15) is 0 Å². The van der Waals surface area contributed by atoms with E-state index in [1.165, 1.54) is 34.3 Å². The van der Waals surface area contributed by atoms with Crippen molar-refractivity contribution in [2.45, 2.75) is 38.5 Å². The molecule has 2 heterocycles. The van der Waals surface area contributed by atoms with Crippen LogP contribution in [0.1, 0.15) is 28.8 Å². The third-order valence-corrected chi connectivity index (χ3v) is 5.78. The lowest BCUT2D eigenvalue weighted by Gasteiger charge is -2.24. The maximum absolute atomic E-state index is 12.7. The van der Waals surface area contributed by atoms with Gasteiger partial charge in [-0.15, -0.1) is 0 Å². The summed E-state index contributed by atoms with van der Waals surface area (Å²) in [5.41, 5.74) is 4.24. The minimum Gasteiger partial charge on any atom is -0.343 e. The van der Waals surface area contributed by atoms with Crippen LogP contribution in [-0.2, 0) is 32.1 Å². The van der Waals surface area contributed by atoms with Gasteiger partial charge in [-0.25, -0.2) is 0 Å². The molecule has 6 heteroatoms. The van der Waals surface area contributed by atoms with Crippen LogP contribution in [0.2, 0.25) is 5.02 Å². The van der Waals surface area contributed by atoms with Crippen LogP contribution in [0.3, 0.4) is 0 Å². The Labute approximate surface area is 167 Å². The van der Waals surface area contributed by atoms with E-state index in [-0.39, 0.29) is 0 Å². The van der Waals surface area contributed by atoms with E-state index < -0.39 is 11.7 Å². The third kappa shape index (κ3) is 3.78. The van der Waals surface area contributed by atoms with Crippen molar-refractivity contribution in [2.24, 2.45) is 0 Å². The first-order valence-electron chi connectivity index (χ1n) is 9.47. The summed E-state index contributed by atoms with van der Waals surface area (Å²) in [4.78, 5) is 2.31. The molecule has 0 atom stereocenters. The number of rotatable bonds is 4. The highest BCUT2D eigenvalue weighted by molar-refractivity contribution is 6.31. The predicted molar refractivity (Wildman–Crippen MR) is 107 cm³/mol. The molecular weight excluding hydrogens is 385 g/mol. The number of hydrogen-bond acceptors (Lipinski definition) is 1. The number of fused-ring (bicyclic) bond motifs is 3. The monoisotopic (exact) mass is 406 g/mol. The Hall–Kier alpha value is -1.98. The highest BCUT2D eigenvalue weighted by atomic mass is 35.5. The second-order valence-electron chi connectivity index (χ2n) is 7.52. The fraction of sp³-hybridized carbons (Fsp3) is 0.364. The minimum atomic E-state index is -4.28. The van der Waals surface area contributed by atoms with Gasteiger partial charge in [0.25, 0.3) is 0 Å². The Kier molecular flexibility index (Phi) is 5.15. The van der Waals surface area contributed by atoms with Gasteiger partial charge in [-0.1, -0.05) is 23.7 Å². The molecule has 2 nitrogen and oxygen atoms in total. The first-order chi connectivity index (χ1) is 13.3. The lowest BCUT2D eigenvalue weighted by molar-refractivity contribution is -0.137. The Bertz CT molecular complexity index is 990. The summed E-state index contributed by atoms with van der Waals surface area (Å²) >= 11 is 6.23.